The number of aromatic amines is 1. The van der Waals surface area contributed by atoms with Gasteiger partial charge in [0.1, 0.15) is 11.0 Å². The molecule has 0 atom stereocenters. The van der Waals surface area contributed by atoms with Gasteiger partial charge in [0.2, 0.25) is 5.65 Å². The summed E-state index contributed by atoms with van der Waals surface area (Å²) < 4.78 is 1.66. The van der Waals surface area contributed by atoms with Crippen LogP contribution in [0.15, 0.2) is 24.8 Å². The number of nitrogens with zero attached hydrogens (tertiary/aromatic N) is 6. The molecule has 4 rings (SSSR count). The maximum absolute atomic E-state index is 4.28. The van der Waals surface area contributed by atoms with E-state index < -0.39 is 0 Å². The highest BCUT2D eigenvalue weighted by molar-refractivity contribution is 6.07. The largest absolute Gasteiger partial charge is 0.341 e. The van der Waals surface area contributed by atoms with Crippen LogP contribution in [0.2, 0.25) is 0 Å². The molecule has 0 spiro atoms. The summed E-state index contributed by atoms with van der Waals surface area (Å²) in [5.74, 6) is 0. The van der Waals surface area contributed by atoms with Gasteiger partial charge in [0.15, 0.2) is 0 Å². The van der Waals surface area contributed by atoms with Crippen LogP contribution in [-0.4, -0.2) is 35.0 Å². The zero-order valence-electron chi connectivity index (χ0n) is 7.99. The van der Waals surface area contributed by atoms with Gasteiger partial charge in [-0.05, 0) is 16.5 Å². The molecule has 4 aromatic heterocycles. The van der Waals surface area contributed by atoms with Crippen molar-refractivity contribution in [2.45, 2.75) is 0 Å². The summed E-state index contributed by atoms with van der Waals surface area (Å²) >= 11 is 0. The van der Waals surface area contributed by atoms with E-state index in [-0.39, 0.29) is 0 Å². The number of H-pyrrole nitrogens is 1. The van der Waals surface area contributed by atoms with Crippen LogP contribution in [0.1, 0.15) is 0 Å². The summed E-state index contributed by atoms with van der Waals surface area (Å²) in [6, 6.07) is 1.90. The third kappa shape index (κ3) is 0.761. The Labute approximate surface area is 88.1 Å². The Morgan fingerprint density at radius 3 is 3.31 bits per heavy atom. The summed E-state index contributed by atoms with van der Waals surface area (Å²) in [6.45, 7) is 0. The summed E-state index contributed by atoms with van der Waals surface area (Å²) in [6.07, 6.45) is 5.10. The Balaban J connectivity index is 2.51. The maximum Gasteiger partial charge on any atom is 0.205 e. The minimum absolute atomic E-state index is 0.660. The quantitative estimate of drug-likeness (QED) is 0.459. The van der Waals surface area contributed by atoms with Crippen molar-refractivity contribution in [1.29, 1.82) is 0 Å². The number of rotatable bonds is 0. The van der Waals surface area contributed by atoms with Crippen molar-refractivity contribution in [3.8, 4) is 0 Å². The van der Waals surface area contributed by atoms with E-state index in [4.69, 9.17) is 0 Å². The molecule has 0 aliphatic rings. The topological polar surface area (TPSA) is 84.6 Å². The van der Waals surface area contributed by atoms with Gasteiger partial charge in [-0.3, -0.25) is 4.98 Å². The molecule has 0 unspecified atom stereocenters. The van der Waals surface area contributed by atoms with Gasteiger partial charge in [0.25, 0.3) is 0 Å². The van der Waals surface area contributed by atoms with E-state index in [0.29, 0.717) is 5.65 Å². The number of fused-ring (bicyclic) bond motifs is 6. The third-order valence-electron chi connectivity index (χ3n) is 2.62. The molecule has 0 bridgehead atoms. The smallest absolute Gasteiger partial charge is 0.205 e. The van der Waals surface area contributed by atoms with E-state index in [1.54, 1.807) is 23.2 Å². The van der Waals surface area contributed by atoms with Gasteiger partial charge in [-0.15, -0.1) is 5.10 Å². The lowest BCUT2D eigenvalue weighted by atomic mass is 10.2. The Bertz CT molecular complexity index is 743. The molecule has 0 saturated carbocycles. The molecule has 0 fully saturated rings. The first-order valence-electron chi connectivity index (χ1n) is 4.72. The van der Waals surface area contributed by atoms with Crippen LogP contribution in [0.25, 0.3) is 27.6 Å². The van der Waals surface area contributed by atoms with Crippen molar-refractivity contribution < 1.29 is 0 Å². The lowest BCUT2D eigenvalue weighted by Gasteiger charge is -1.99. The van der Waals surface area contributed by atoms with Gasteiger partial charge in [-0.2, -0.15) is 4.52 Å². The van der Waals surface area contributed by atoms with Crippen molar-refractivity contribution >= 4 is 27.6 Å². The van der Waals surface area contributed by atoms with Crippen LogP contribution < -0.4 is 0 Å². The summed E-state index contributed by atoms with van der Waals surface area (Å²) in [5.41, 5.74) is 3.21. The molecule has 0 saturated heterocycles. The Kier molecular flexibility index (Phi) is 1.21. The zero-order chi connectivity index (χ0) is 10.5. The van der Waals surface area contributed by atoms with E-state index in [1.165, 1.54) is 0 Å². The molecular weight excluding hydrogens is 206 g/mol. The van der Waals surface area contributed by atoms with E-state index in [0.717, 1.165) is 21.9 Å². The van der Waals surface area contributed by atoms with Crippen molar-refractivity contribution in [3.05, 3.63) is 24.8 Å². The second-order valence-electron chi connectivity index (χ2n) is 3.43. The molecule has 7 nitrogen and oxygen atoms in total. The monoisotopic (exact) mass is 211 g/mol. The highest BCUT2D eigenvalue weighted by Crippen LogP contribution is 2.23. The molecule has 7 heteroatoms. The van der Waals surface area contributed by atoms with Crippen molar-refractivity contribution in [1.82, 2.24) is 35.0 Å². The summed E-state index contributed by atoms with van der Waals surface area (Å²) in [7, 11) is 0. The fourth-order valence-corrected chi connectivity index (χ4v) is 1.93. The molecule has 0 aromatic carbocycles. The molecular formula is C9H5N7. The van der Waals surface area contributed by atoms with Crippen LogP contribution in [0.4, 0.5) is 0 Å². The average molecular weight is 211 g/mol. The van der Waals surface area contributed by atoms with E-state index >= 15 is 0 Å². The van der Waals surface area contributed by atoms with E-state index in [2.05, 4.69) is 30.5 Å². The predicted molar refractivity (Wildman–Crippen MR) is 55.7 cm³/mol. The molecule has 76 valence electrons. The van der Waals surface area contributed by atoms with E-state index in [9.17, 15) is 0 Å². The molecule has 0 radical (unpaired) electrons. The van der Waals surface area contributed by atoms with Gasteiger partial charge >= 0.3 is 0 Å². The third-order valence-corrected chi connectivity index (χ3v) is 2.62. The highest BCUT2D eigenvalue weighted by Gasteiger charge is 2.12. The van der Waals surface area contributed by atoms with Crippen LogP contribution in [0.5, 0.6) is 0 Å². The Morgan fingerprint density at radius 1 is 1.31 bits per heavy atom. The van der Waals surface area contributed by atoms with Crippen molar-refractivity contribution in [2.24, 2.45) is 0 Å². The average Bonchev–Trinajstić information content (AvgIpc) is 2.98. The SMILES string of the molecule is c1cc2c3nc[nH]c3c3nnnn3c2cn1. The minimum atomic E-state index is 0.660. The minimum Gasteiger partial charge on any atom is -0.341 e. The lowest BCUT2D eigenvalue weighted by Crippen LogP contribution is -1.93. The van der Waals surface area contributed by atoms with Crippen LogP contribution in [-0.2, 0) is 0 Å². The molecule has 0 aliphatic heterocycles. The van der Waals surface area contributed by atoms with Gasteiger partial charge in [-0.25, -0.2) is 4.98 Å². The summed E-state index contributed by atoms with van der Waals surface area (Å²) in [4.78, 5) is 11.4. The Hall–Kier alpha value is -2.57. The molecule has 0 aliphatic carbocycles. The van der Waals surface area contributed by atoms with Gasteiger partial charge in [0.05, 0.1) is 18.0 Å². The lowest BCUT2D eigenvalue weighted by molar-refractivity contribution is 0.841. The number of tetrazole rings is 1. The van der Waals surface area contributed by atoms with Gasteiger partial charge in [0, 0.05) is 11.6 Å². The van der Waals surface area contributed by atoms with E-state index in [1.807, 2.05) is 6.07 Å². The number of hydrogen-bond donors (Lipinski definition) is 1. The maximum atomic E-state index is 4.28. The van der Waals surface area contributed by atoms with Gasteiger partial charge in [-0.1, -0.05) is 0 Å². The molecule has 4 heterocycles. The molecule has 16 heavy (non-hydrogen) atoms. The first kappa shape index (κ1) is 7.69. The zero-order valence-corrected chi connectivity index (χ0v) is 7.99. The summed E-state index contributed by atoms with van der Waals surface area (Å²) in [5, 5.41) is 12.6. The van der Waals surface area contributed by atoms with Crippen LogP contribution >= 0.6 is 0 Å². The highest BCUT2D eigenvalue weighted by atomic mass is 15.5. The van der Waals surface area contributed by atoms with Gasteiger partial charge < -0.3 is 4.98 Å². The first-order chi connectivity index (χ1) is 7.95. The van der Waals surface area contributed by atoms with Crippen molar-refractivity contribution in [2.75, 3.05) is 0 Å². The van der Waals surface area contributed by atoms with Crippen LogP contribution in [0.3, 0.4) is 0 Å². The molecule has 1 N–H and O–H groups in total. The normalized spacial score (nSPS) is 11.8. The fourth-order valence-electron chi connectivity index (χ4n) is 1.93. The molecule has 4 aromatic rings. The number of imidazole rings is 1. The van der Waals surface area contributed by atoms with Crippen molar-refractivity contribution in [3.63, 3.8) is 0 Å². The Morgan fingerprint density at radius 2 is 2.31 bits per heavy atom. The molecule has 0 amide bonds. The number of hydrogen-bond acceptors (Lipinski definition) is 5. The second-order valence-corrected chi connectivity index (χ2v) is 3.43. The first-order valence-corrected chi connectivity index (χ1v) is 4.72. The second kappa shape index (κ2) is 2.51. The number of aromatic nitrogens is 7. The van der Waals surface area contributed by atoms with Crippen LogP contribution in [0, 0.1) is 0 Å². The predicted octanol–water partition coefficient (Wildman–Crippen LogP) is 0.549. The fraction of sp³-hybridized carbons (Fsp3) is 0. The number of pyridine rings is 2. The standard InChI is InChI=1S/C9H5N7/c1-2-10-3-6-5(1)7-8(12-4-11-7)9-13-14-15-16(6)9/h1-4H,(H,11,12). The number of nitrogens with one attached hydrogen (secondary N) is 1.